The topological polar surface area (TPSA) is 226 Å². The summed E-state index contributed by atoms with van der Waals surface area (Å²) in [6.45, 7) is 1.76. The van der Waals surface area contributed by atoms with E-state index in [9.17, 15) is 31.2 Å². The van der Waals surface area contributed by atoms with Gasteiger partial charge in [-0.3, -0.25) is 24.6 Å². The van der Waals surface area contributed by atoms with Crippen molar-refractivity contribution in [2.45, 2.75) is 24.4 Å². The number of hydrogen-bond donors (Lipinski definition) is 7. The van der Waals surface area contributed by atoms with E-state index in [1.54, 1.807) is 6.92 Å². The third-order valence-corrected chi connectivity index (χ3v) is 5.52. The van der Waals surface area contributed by atoms with Crippen molar-refractivity contribution in [2.75, 3.05) is 25.0 Å². The van der Waals surface area contributed by atoms with Gasteiger partial charge in [-0.15, -0.1) is 0 Å². The molecule has 1 amide bonds. The average Bonchev–Trinajstić information content (AvgIpc) is 2.80. The van der Waals surface area contributed by atoms with E-state index >= 15 is 0 Å². The lowest BCUT2D eigenvalue weighted by Gasteiger charge is -2.13. The number of nitrogens with two attached hydrogens (primary N) is 1. The first-order valence-corrected chi connectivity index (χ1v) is 11.7. The molecule has 0 aliphatic rings. The fourth-order valence-electron chi connectivity index (χ4n) is 2.56. The minimum absolute atomic E-state index is 0.0384. The largest absolute Gasteiger partial charge is 0.497 e. The van der Waals surface area contributed by atoms with Crippen LogP contribution in [-0.4, -0.2) is 62.8 Å². The van der Waals surface area contributed by atoms with Crippen LogP contribution in [0.3, 0.4) is 0 Å². The third kappa shape index (κ3) is 10.7. The molecule has 0 saturated carbocycles. The zero-order valence-corrected chi connectivity index (χ0v) is 20.7. The number of benzene rings is 1. The van der Waals surface area contributed by atoms with Gasteiger partial charge < -0.3 is 25.9 Å². The molecule has 0 aliphatic carbocycles. The van der Waals surface area contributed by atoms with Gasteiger partial charge in [-0.05, 0) is 42.8 Å². The summed E-state index contributed by atoms with van der Waals surface area (Å²) < 4.78 is 64.5. The number of aromatic amines is 1. The normalized spacial score (nSPS) is 11.0. The van der Waals surface area contributed by atoms with Crippen LogP contribution in [0.15, 0.2) is 40.0 Å². The van der Waals surface area contributed by atoms with Crippen molar-refractivity contribution in [1.29, 1.82) is 5.41 Å². The van der Waals surface area contributed by atoms with Crippen molar-refractivity contribution in [2.24, 2.45) is 5.73 Å². The number of aromatic nitrogens is 1. The van der Waals surface area contributed by atoms with Gasteiger partial charge in [0.25, 0.3) is 15.6 Å². The number of pyridine rings is 1. The number of sulfonamides is 1. The fraction of sp³-hybridized carbons (Fsp3) is 0.300. The van der Waals surface area contributed by atoms with E-state index in [1.807, 2.05) is 0 Å². The van der Waals surface area contributed by atoms with Crippen LogP contribution in [0.4, 0.5) is 18.9 Å². The molecule has 2 aromatic rings. The van der Waals surface area contributed by atoms with Crippen molar-refractivity contribution in [3.63, 3.8) is 0 Å². The van der Waals surface area contributed by atoms with Crippen molar-refractivity contribution in [1.82, 2.24) is 15.8 Å². The van der Waals surface area contributed by atoms with E-state index in [4.69, 9.17) is 30.6 Å². The van der Waals surface area contributed by atoms with Crippen molar-refractivity contribution in [3.05, 3.63) is 51.9 Å². The number of amides is 1. The molecule has 1 aromatic carbocycles. The monoisotopic (exact) mass is 566 g/mol. The summed E-state index contributed by atoms with van der Waals surface area (Å²) in [5, 5.41) is 16.6. The Morgan fingerprint density at radius 3 is 2.29 bits per heavy atom. The standard InChI is InChI=1S/C18H24N6O6S.C2HF3O2/c1-11-9-12(10-15(25)21-7-8-30-23-18(19)20)16(17(26)22-11)24-31(27,28)14-5-3-13(29-2)4-6-14;3-2(4,5)1(6)7/h3-6,9,24H,7-8,10H2,1-2H3,(H,21,25)(H,22,26)(H4,19,20,23);(H,6,7). The van der Waals surface area contributed by atoms with Gasteiger partial charge in [0.05, 0.1) is 25.0 Å². The summed E-state index contributed by atoms with van der Waals surface area (Å²) in [4.78, 5) is 40.8. The van der Waals surface area contributed by atoms with E-state index in [0.29, 0.717) is 11.4 Å². The molecular weight excluding hydrogens is 541 g/mol. The Kier molecular flexibility index (Phi) is 11.5. The van der Waals surface area contributed by atoms with E-state index in [1.165, 1.54) is 37.4 Å². The second kappa shape index (κ2) is 13.8. The molecule has 0 aliphatic heterocycles. The van der Waals surface area contributed by atoms with Crippen LogP contribution < -0.4 is 31.5 Å². The van der Waals surface area contributed by atoms with E-state index < -0.39 is 33.6 Å². The highest BCUT2D eigenvalue weighted by atomic mass is 32.2. The molecule has 0 unspecified atom stereocenters. The number of anilines is 1. The highest BCUT2D eigenvalue weighted by molar-refractivity contribution is 7.92. The second-order valence-corrected chi connectivity index (χ2v) is 8.84. The molecule has 18 heteroatoms. The van der Waals surface area contributed by atoms with Gasteiger partial charge in [0.1, 0.15) is 11.4 Å². The molecule has 8 N–H and O–H groups in total. The van der Waals surface area contributed by atoms with Crippen LogP contribution in [0.2, 0.25) is 0 Å². The summed E-state index contributed by atoms with van der Waals surface area (Å²) in [6.07, 6.45) is -5.33. The first kappa shape index (κ1) is 31.7. The number of guanidine groups is 1. The minimum atomic E-state index is -5.08. The molecule has 14 nitrogen and oxygen atoms in total. The number of aryl methyl sites for hydroxylation is 1. The summed E-state index contributed by atoms with van der Waals surface area (Å²) in [7, 11) is -2.63. The molecule has 1 aromatic heterocycles. The van der Waals surface area contributed by atoms with Gasteiger partial charge in [-0.2, -0.15) is 13.2 Å². The number of H-pyrrole nitrogens is 1. The van der Waals surface area contributed by atoms with E-state index in [2.05, 4.69) is 20.5 Å². The highest BCUT2D eigenvalue weighted by Crippen LogP contribution is 2.20. The Labute approximate surface area is 213 Å². The smallest absolute Gasteiger partial charge is 0.490 e. The third-order valence-electron chi connectivity index (χ3n) is 4.16. The van der Waals surface area contributed by atoms with Gasteiger partial charge in [-0.1, -0.05) is 0 Å². The fourth-order valence-corrected chi connectivity index (χ4v) is 3.67. The first-order chi connectivity index (χ1) is 17.6. The molecule has 0 atom stereocenters. The Hall–Kier alpha value is -4.32. The molecule has 0 saturated heterocycles. The number of rotatable bonds is 10. The highest BCUT2D eigenvalue weighted by Gasteiger charge is 2.38. The number of nitrogens with one attached hydrogen (secondary N) is 5. The van der Waals surface area contributed by atoms with Crippen LogP contribution in [-0.2, 0) is 30.9 Å². The number of alkyl halides is 3. The summed E-state index contributed by atoms with van der Waals surface area (Å²) in [5.41, 5.74) is 6.93. The van der Waals surface area contributed by atoms with Gasteiger partial charge in [0.2, 0.25) is 11.9 Å². The second-order valence-electron chi connectivity index (χ2n) is 7.16. The number of halogens is 3. The number of carbonyl (C=O) groups excluding carboxylic acids is 1. The van der Waals surface area contributed by atoms with Crippen LogP contribution >= 0.6 is 0 Å². The molecule has 2 rings (SSSR count). The SMILES string of the molecule is COc1ccc(S(=O)(=O)Nc2c(CC(=O)NCCONC(=N)N)cc(C)[nH]c2=O)cc1.O=C(O)C(F)(F)F. The first-order valence-electron chi connectivity index (χ1n) is 10.2. The molecule has 38 heavy (non-hydrogen) atoms. The summed E-state index contributed by atoms with van der Waals surface area (Å²) in [5.74, 6) is -3.11. The minimum Gasteiger partial charge on any atom is -0.497 e. The lowest BCUT2D eigenvalue weighted by Crippen LogP contribution is -2.35. The Morgan fingerprint density at radius 1 is 1.21 bits per heavy atom. The maximum Gasteiger partial charge on any atom is 0.490 e. The van der Waals surface area contributed by atoms with Crippen LogP contribution in [0.25, 0.3) is 0 Å². The van der Waals surface area contributed by atoms with Crippen molar-refractivity contribution >= 4 is 33.5 Å². The molecule has 210 valence electrons. The summed E-state index contributed by atoms with van der Waals surface area (Å²) in [6, 6.07) is 7.15. The Balaban J connectivity index is 0.000000905. The van der Waals surface area contributed by atoms with Gasteiger partial charge in [0, 0.05) is 12.2 Å². The zero-order valence-electron chi connectivity index (χ0n) is 19.9. The average molecular weight is 567 g/mol. The number of hydrogen-bond acceptors (Lipinski definition) is 8. The van der Waals surface area contributed by atoms with Crippen molar-refractivity contribution in [3.8, 4) is 5.75 Å². The number of methoxy groups -OCH3 is 1. The van der Waals surface area contributed by atoms with E-state index in [-0.39, 0.29) is 41.7 Å². The quantitative estimate of drug-likeness (QED) is 0.0894. The molecule has 0 radical (unpaired) electrons. The zero-order chi connectivity index (χ0) is 29.1. The number of carboxylic acids is 1. The number of hydroxylamine groups is 1. The van der Waals surface area contributed by atoms with Crippen LogP contribution in [0.5, 0.6) is 5.75 Å². The maximum atomic E-state index is 12.7. The molecule has 0 bridgehead atoms. The van der Waals surface area contributed by atoms with Gasteiger partial charge in [-0.25, -0.2) is 18.7 Å². The van der Waals surface area contributed by atoms with E-state index in [0.717, 1.165) is 0 Å². The number of aliphatic carboxylic acids is 1. The lowest BCUT2D eigenvalue weighted by atomic mass is 10.1. The molecular formula is C20H25F3N6O8S. The molecule has 0 spiro atoms. The van der Waals surface area contributed by atoms with Gasteiger partial charge >= 0.3 is 12.1 Å². The van der Waals surface area contributed by atoms with Crippen molar-refractivity contribution < 1.29 is 45.9 Å². The van der Waals surface area contributed by atoms with Gasteiger partial charge in [0.15, 0.2) is 0 Å². The maximum absolute atomic E-state index is 12.7. The summed E-state index contributed by atoms with van der Waals surface area (Å²) >= 11 is 0. The lowest BCUT2D eigenvalue weighted by molar-refractivity contribution is -0.192. The number of carbonyl (C=O) groups is 2. The number of ether oxygens (including phenoxy) is 1. The predicted octanol–water partition coefficient (Wildman–Crippen LogP) is 0.199. The molecule has 1 heterocycles. The predicted molar refractivity (Wildman–Crippen MR) is 127 cm³/mol. The van der Waals surface area contributed by atoms with Crippen LogP contribution in [0.1, 0.15) is 11.3 Å². The number of carboxylic acid groups (broad SMARTS) is 1. The Morgan fingerprint density at radius 2 is 1.79 bits per heavy atom. The van der Waals surface area contributed by atoms with Crippen LogP contribution in [0, 0.1) is 12.3 Å². The molecule has 0 fully saturated rings. The Bertz CT molecular complexity index is 1300.